The van der Waals surface area contributed by atoms with Gasteiger partial charge in [-0.3, -0.25) is 4.79 Å². The quantitative estimate of drug-likeness (QED) is 0.622. The molecule has 0 bridgehead atoms. The van der Waals surface area contributed by atoms with Crippen molar-refractivity contribution in [3.8, 4) is 11.5 Å². The van der Waals surface area contributed by atoms with E-state index in [2.05, 4.69) is 10.3 Å². The highest BCUT2D eigenvalue weighted by Gasteiger charge is 2.15. The normalized spacial score (nSPS) is 12.0. The Hall–Kier alpha value is -2.95. The van der Waals surface area contributed by atoms with Crippen LogP contribution in [0.5, 0.6) is 11.5 Å². The second kappa shape index (κ2) is 8.62. The van der Waals surface area contributed by atoms with Crippen LogP contribution < -0.4 is 14.8 Å². The number of rotatable bonds is 8. The number of ether oxygens (including phenoxy) is 2. The van der Waals surface area contributed by atoms with Crippen molar-refractivity contribution in [2.45, 2.75) is 33.2 Å². The van der Waals surface area contributed by atoms with E-state index >= 15 is 0 Å². The molecule has 0 aliphatic heterocycles. The standard InChI is InChI=1S/C22H26N2O3/c1-4-26-20-11-10-16(12-21(20)27-5-2)15(3)24-22(25)13-17-14-23-19-9-7-6-8-18(17)19/h6-12,14-15,23H,4-5,13H2,1-3H3,(H,24,25). The molecule has 0 saturated heterocycles. The van der Waals surface area contributed by atoms with Crippen LogP contribution in [0.15, 0.2) is 48.7 Å². The lowest BCUT2D eigenvalue weighted by molar-refractivity contribution is -0.121. The van der Waals surface area contributed by atoms with E-state index < -0.39 is 0 Å². The zero-order valence-electron chi connectivity index (χ0n) is 16.0. The summed E-state index contributed by atoms with van der Waals surface area (Å²) in [5.74, 6) is 1.41. The minimum Gasteiger partial charge on any atom is -0.490 e. The first-order valence-electron chi connectivity index (χ1n) is 9.36. The summed E-state index contributed by atoms with van der Waals surface area (Å²) in [4.78, 5) is 15.7. The Balaban J connectivity index is 1.69. The summed E-state index contributed by atoms with van der Waals surface area (Å²) in [6.07, 6.45) is 2.24. The van der Waals surface area contributed by atoms with Gasteiger partial charge in [-0.15, -0.1) is 0 Å². The first-order valence-corrected chi connectivity index (χ1v) is 9.36. The molecule has 0 fully saturated rings. The second-order valence-corrected chi connectivity index (χ2v) is 6.40. The van der Waals surface area contributed by atoms with Gasteiger partial charge in [0.2, 0.25) is 5.91 Å². The Bertz CT molecular complexity index is 917. The summed E-state index contributed by atoms with van der Waals surface area (Å²) in [5.41, 5.74) is 3.02. The molecule has 142 valence electrons. The third kappa shape index (κ3) is 4.42. The van der Waals surface area contributed by atoms with E-state index in [1.165, 1.54) is 0 Å². The fourth-order valence-corrected chi connectivity index (χ4v) is 3.16. The molecule has 5 heteroatoms. The predicted octanol–water partition coefficient (Wildman–Crippen LogP) is 4.39. The molecule has 1 heterocycles. The molecule has 1 atom stereocenters. The van der Waals surface area contributed by atoms with Gasteiger partial charge in [-0.25, -0.2) is 0 Å². The van der Waals surface area contributed by atoms with Crippen molar-refractivity contribution in [3.05, 3.63) is 59.8 Å². The number of nitrogens with one attached hydrogen (secondary N) is 2. The number of carbonyl (C=O) groups excluding carboxylic acids is 1. The molecule has 5 nitrogen and oxygen atoms in total. The van der Waals surface area contributed by atoms with Gasteiger partial charge in [0.1, 0.15) is 0 Å². The van der Waals surface area contributed by atoms with Gasteiger partial charge in [0.15, 0.2) is 11.5 Å². The van der Waals surface area contributed by atoms with Crippen LogP contribution in [-0.4, -0.2) is 24.1 Å². The smallest absolute Gasteiger partial charge is 0.224 e. The number of aromatic amines is 1. The third-order valence-corrected chi connectivity index (χ3v) is 4.47. The summed E-state index contributed by atoms with van der Waals surface area (Å²) in [7, 11) is 0. The van der Waals surface area contributed by atoms with Gasteiger partial charge in [0.25, 0.3) is 0 Å². The monoisotopic (exact) mass is 366 g/mol. The summed E-state index contributed by atoms with van der Waals surface area (Å²) in [6.45, 7) is 6.99. The molecule has 1 unspecified atom stereocenters. The molecular formula is C22H26N2O3. The number of fused-ring (bicyclic) bond motifs is 1. The highest BCUT2D eigenvalue weighted by molar-refractivity contribution is 5.89. The zero-order valence-corrected chi connectivity index (χ0v) is 16.0. The van der Waals surface area contributed by atoms with E-state index in [1.54, 1.807) is 0 Å². The summed E-state index contributed by atoms with van der Waals surface area (Å²) in [5, 5.41) is 4.15. The largest absolute Gasteiger partial charge is 0.490 e. The van der Waals surface area contributed by atoms with E-state index in [9.17, 15) is 4.79 Å². The van der Waals surface area contributed by atoms with Crippen molar-refractivity contribution in [2.24, 2.45) is 0 Å². The van der Waals surface area contributed by atoms with Crippen LogP contribution in [-0.2, 0) is 11.2 Å². The van der Waals surface area contributed by atoms with Gasteiger partial charge in [-0.05, 0) is 50.1 Å². The Morgan fingerprint density at radius 1 is 1.07 bits per heavy atom. The molecular weight excluding hydrogens is 340 g/mol. The fraction of sp³-hybridized carbons (Fsp3) is 0.318. The molecule has 2 N–H and O–H groups in total. The highest BCUT2D eigenvalue weighted by Crippen LogP contribution is 2.30. The molecule has 1 aromatic heterocycles. The molecule has 2 aromatic carbocycles. The predicted molar refractivity (Wildman–Crippen MR) is 107 cm³/mol. The molecule has 0 aliphatic carbocycles. The Morgan fingerprint density at radius 3 is 2.59 bits per heavy atom. The van der Waals surface area contributed by atoms with Crippen molar-refractivity contribution in [1.82, 2.24) is 10.3 Å². The van der Waals surface area contributed by atoms with Crippen molar-refractivity contribution < 1.29 is 14.3 Å². The molecule has 0 spiro atoms. The van der Waals surface area contributed by atoms with Crippen LogP contribution in [0.4, 0.5) is 0 Å². The van der Waals surface area contributed by atoms with Gasteiger partial charge >= 0.3 is 0 Å². The van der Waals surface area contributed by atoms with Crippen LogP contribution in [0.2, 0.25) is 0 Å². The fourth-order valence-electron chi connectivity index (χ4n) is 3.16. The highest BCUT2D eigenvalue weighted by atomic mass is 16.5. The molecule has 1 amide bonds. The average Bonchev–Trinajstić information content (AvgIpc) is 3.06. The summed E-state index contributed by atoms with van der Waals surface area (Å²) >= 11 is 0. The van der Waals surface area contributed by atoms with E-state index in [1.807, 2.05) is 69.4 Å². The number of carbonyl (C=O) groups is 1. The maximum absolute atomic E-state index is 12.5. The lowest BCUT2D eigenvalue weighted by Gasteiger charge is -2.17. The minimum absolute atomic E-state index is 0.0147. The molecule has 3 rings (SSSR count). The minimum atomic E-state index is -0.127. The van der Waals surface area contributed by atoms with Gasteiger partial charge in [-0.1, -0.05) is 24.3 Å². The van der Waals surface area contributed by atoms with Gasteiger partial charge < -0.3 is 19.8 Å². The molecule has 27 heavy (non-hydrogen) atoms. The number of hydrogen-bond acceptors (Lipinski definition) is 3. The van der Waals surface area contributed by atoms with Crippen molar-refractivity contribution in [3.63, 3.8) is 0 Å². The number of H-pyrrole nitrogens is 1. The Morgan fingerprint density at radius 2 is 1.81 bits per heavy atom. The number of amides is 1. The van der Waals surface area contributed by atoms with E-state index in [0.29, 0.717) is 25.4 Å². The van der Waals surface area contributed by atoms with Crippen molar-refractivity contribution >= 4 is 16.8 Å². The first-order chi connectivity index (χ1) is 13.1. The SMILES string of the molecule is CCOc1ccc(C(C)NC(=O)Cc2c[nH]c3ccccc23)cc1OCC. The number of para-hydroxylation sites is 1. The van der Waals surface area contributed by atoms with Crippen molar-refractivity contribution in [2.75, 3.05) is 13.2 Å². The molecule has 0 radical (unpaired) electrons. The lowest BCUT2D eigenvalue weighted by Crippen LogP contribution is -2.28. The number of benzene rings is 2. The maximum Gasteiger partial charge on any atom is 0.224 e. The lowest BCUT2D eigenvalue weighted by atomic mass is 10.1. The summed E-state index contributed by atoms with van der Waals surface area (Å²) in [6, 6.07) is 13.7. The van der Waals surface area contributed by atoms with Crippen LogP contribution >= 0.6 is 0 Å². The van der Waals surface area contributed by atoms with Crippen LogP contribution in [0.3, 0.4) is 0 Å². The van der Waals surface area contributed by atoms with Gasteiger partial charge in [-0.2, -0.15) is 0 Å². The summed E-state index contributed by atoms with van der Waals surface area (Å²) < 4.78 is 11.3. The third-order valence-electron chi connectivity index (χ3n) is 4.47. The number of aromatic nitrogens is 1. The molecule has 0 saturated carbocycles. The van der Waals surface area contributed by atoms with Gasteiger partial charge in [0, 0.05) is 17.1 Å². The van der Waals surface area contributed by atoms with E-state index in [-0.39, 0.29) is 11.9 Å². The molecule has 3 aromatic rings. The zero-order chi connectivity index (χ0) is 19.2. The average molecular weight is 366 g/mol. The Labute approximate surface area is 159 Å². The number of hydrogen-bond donors (Lipinski definition) is 2. The molecule has 0 aliphatic rings. The van der Waals surface area contributed by atoms with E-state index in [4.69, 9.17) is 9.47 Å². The van der Waals surface area contributed by atoms with Crippen LogP contribution in [0.25, 0.3) is 10.9 Å². The maximum atomic E-state index is 12.5. The Kier molecular flexibility index (Phi) is 6.01. The van der Waals surface area contributed by atoms with Gasteiger partial charge in [0.05, 0.1) is 25.7 Å². The second-order valence-electron chi connectivity index (χ2n) is 6.40. The first kappa shape index (κ1) is 18.8. The van der Waals surface area contributed by atoms with E-state index in [0.717, 1.165) is 27.8 Å². The van der Waals surface area contributed by atoms with Crippen LogP contribution in [0, 0.1) is 0 Å². The van der Waals surface area contributed by atoms with Crippen LogP contribution in [0.1, 0.15) is 37.9 Å². The topological polar surface area (TPSA) is 63.3 Å². The van der Waals surface area contributed by atoms with Crippen molar-refractivity contribution in [1.29, 1.82) is 0 Å².